The van der Waals surface area contributed by atoms with Crippen molar-refractivity contribution in [1.29, 1.82) is 0 Å². The van der Waals surface area contributed by atoms with E-state index in [9.17, 15) is 19.2 Å². The number of hydrogen-bond acceptors (Lipinski definition) is 6. The van der Waals surface area contributed by atoms with E-state index in [1.165, 1.54) is 12.0 Å². The maximum absolute atomic E-state index is 13.5. The number of hydrogen-bond donors (Lipinski definition) is 2. The van der Waals surface area contributed by atoms with Crippen LogP contribution >= 0.6 is 0 Å². The van der Waals surface area contributed by atoms with Crippen molar-refractivity contribution < 1.29 is 28.7 Å². The number of benzene rings is 1. The topological polar surface area (TPSA) is 114 Å². The number of nitrogens with one attached hydrogen (secondary N) is 2. The van der Waals surface area contributed by atoms with Gasteiger partial charge in [0.15, 0.2) is 0 Å². The summed E-state index contributed by atoms with van der Waals surface area (Å²) in [4.78, 5) is 52.2. The van der Waals surface area contributed by atoms with Gasteiger partial charge < -0.3 is 25.0 Å². The second-order valence-electron chi connectivity index (χ2n) is 10.1. The molecule has 0 saturated carbocycles. The number of alkyl carbamates (subject to hydrolysis) is 1. The molecule has 0 heterocycles. The fourth-order valence-corrected chi connectivity index (χ4v) is 3.52. The van der Waals surface area contributed by atoms with Crippen molar-refractivity contribution >= 4 is 23.9 Å². The Morgan fingerprint density at radius 1 is 1.00 bits per heavy atom. The van der Waals surface area contributed by atoms with E-state index >= 15 is 0 Å². The van der Waals surface area contributed by atoms with E-state index in [-0.39, 0.29) is 19.1 Å². The second-order valence-corrected chi connectivity index (χ2v) is 10.1. The van der Waals surface area contributed by atoms with Crippen molar-refractivity contribution in [1.82, 2.24) is 15.5 Å². The Morgan fingerprint density at radius 3 is 2.20 bits per heavy atom. The number of ether oxygens (including phenoxy) is 2. The molecule has 0 aliphatic carbocycles. The molecule has 1 aromatic carbocycles. The van der Waals surface area contributed by atoms with Crippen LogP contribution in [-0.2, 0) is 23.9 Å². The fraction of sp³-hybridized carbons (Fsp3) is 0.615. The molecule has 2 N–H and O–H groups in total. The summed E-state index contributed by atoms with van der Waals surface area (Å²) in [5, 5.41) is 5.08. The lowest BCUT2D eigenvalue weighted by molar-refractivity contribution is -0.145. The van der Waals surface area contributed by atoms with Crippen molar-refractivity contribution in [2.24, 2.45) is 5.92 Å². The Balaban J connectivity index is 3.32. The average molecular weight is 492 g/mol. The molecule has 0 radical (unpaired) electrons. The zero-order chi connectivity index (χ0) is 26.8. The lowest BCUT2D eigenvalue weighted by Crippen LogP contribution is -2.51. The maximum atomic E-state index is 13.5. The maximum Gasteiger partial charge on any atom is 0.408 e. The zero-order valence-electron chi connectivity index (χ0n) is 22.3. The highest BCUT2D eigenvalue weighted by atomic mass is 16.6. The van der Waals surface area contributed by atoms with Gasteiger partial charge in [-0.25, -0.2) is 4.79 Å². The first-order chi connectivity index (χ1) is 16.2. The van der Waals surface area contributed by atoms with Gasteiger partial charge in [-0.15, -0.1) is 0 Å². The quantitative estimate of drug-likeness (QED) is 0.458. The van der Waals surface area contributed by atoms with Crippen LogP contribution in [0.3, 0.4) is 0 Å². The van der Waals surface area contributed by atoms with Crippen LogP contribution in [0.15, 0.2) is 24.3 Å². The van der Waals surface area contributed by atoms with E-state index in [2.05, 4.69) is 29.2 Å². The molecule has 9 nitrogen and oxygen atoms in total. The molecule has 0 aliphatic rings. The average Bonchev–Trinajstić information content (AvgIpc) is 2.76. The van der Waals surface area contributed by atoms with Crippen molar-refractivity contribution in [2.45, 2.75) is 79.0 Å². The minimum Gasteiger partial charge on any atom is -0.468 e. The first-order valence-electron chi connectivity index (χ1n) is 11.9. The minimum absolute atomic E-state index is 0.320. The second kappa shape index (κ2) is 13.7. The Hall–Kier alpha value is -3.10. The molecule has 3 amide bonds. The first-order valence-corrected chi connectivity index (χ1v) is 11.9. The summed E-state index contributed by atoms with van der Waals surface area (Å²) in [6.45, 7) is 12.5. The number of rotatable bonds is 11. The molecule has 0 aliphatic heterocycles. The van der Waals surface area contributed by atoms with Gasteiger partial charge in [0.2, 0.25) is 11.8 Å². The molecule has 0 aromatic heterocycles. The van der Waals surface area contributed by atoms with Gasteiger partial charge in [0.1, 0.15) is 24.7 Å². The first kappa shape index (κ1) is 29.9. The van der Waals surface area contributed by atoms with Gasteiger partial charge in [0.05, 0.1) is 7.11 Å². The largest absolute Gasteiger partial charge is 0.468 e. The van der Waals surface area contributed by atoms with Gasteiger partial charge in [0.25, 0.3) is 0 Å². The van der Waals surface area contributed by atoms with Crippen LogP contribution in [0.2, 0.25) is 0 Å². The molecule has 0 spiro atoms. The Morgan fingerprint density at radius 2 is 1.66 bits per heavy atom. The Labute approximate surface area is 208 Å². The monoisotopic (exact) mass is 491 g/mol. The summed E-state index contributed by atoms with van der Waals surface area (Å²) in [6, 6.07) is 5.98. The Kier molecular flexibility index (Phi) is 11.7. The molecule has 2 atom stereocenters. The summed E-state index contributed by atoms with van der Waals surface area (Å²) in [7, 11) is 1.23. The summed E-state index contributed by atoms with van der Waals surface area (Å²) < 4.78 is 9.88. The van der Waals surface area contributed by atoms with Gasteiger partial charge >= 0.3 is 12.1 Å². The third kappa shape index (κ3) is 10.8. The van der Waals surface area contributed by atoms with Crippen LogP contribution in [0.4, 0.5) is 4.79 Å². The van der Waals surface area contributed by atoms with E-state index in [0.717, 1.165) is 12.0 Å². The summed E-state index contributed by atoms with van der Waals surface area (Å²) in [6.07, 6.45) is 0.778. The lowest BCUT2D eigenvalue weighted by atomic mass is 9.97. The number of carbonyl (C=O) groups is 4. The highest BCUT2D eigenvalue weighted by Crippen LogP contribution is 2.27. The normalized spacial score (nSPS) is 12.9. The summed E-state index contributed by atoms with van der Waals surface area (Å²) in [5.74, 6) is -1.15. The number of methoxy groups -OCH3 is 1. The number of aryl methyl sites for hydroxylation is 1. The highest BCUT2D eigenvalue weighted by molar-refractivity contribution is 5.92. The molecule has 9 heteroatoms. The van der Waals surface area contributed by atoms with Crippen LogP contribution in [0.1, 0.15) is 71.6 Å². The van der Waals surface area contributed by atoms with Gasteiger partial charge in [-0.2, -0.15) is 0 Å². The van der Waals surface area contributed by atoms with Crippen LogP contribution < -0.4 is 10.6 Å². The molecule has 196 valence electrons. The predicted molar refractivity (Wildman–Crippen MR) is 134 cm³/mol. The summed E-state index contributed by atoms with van der Waals surface area (Å²) >= 11 is 0. The summed E-state index contributed by atoms with van der Waals surface area (Å²) in [5.41, 5.74) is 0.812. The number of nitrogens with zero attached hydrogens (tertiary/aromatic N) is 1. The molecular weight excluding hydrogens is 450 g/mol. The molecule has 0 bridgehead atoms. The van der Waals surface area contributed by atoms with Crippen LogP contribution in [0.25, 0.3) is 0 Å². The smallest absolute Gasteiger partial charge is 0.408 e. The number of esters is 1. The van der Waals surface area contributed by atoms with Crippen molar-refractivity contribution in [3.05, 3.63) is 35.4 Å². The van der Waals surface area contributed by atoms with Gasteiger partial charge in [0, 0.05) is 6.04 Å². The molecule has 2 unspecified atom stereocenters. The van der Waals surface area contributed by atoms with Crippen molar-refractivity contribution in [3.8, 4) is 0 Å². The molecule has 0 saturated heterocycles. The Bertz CT molecular complexity index is 878. The zero-order valence-corrected chi connectivity index (χ0v) is 22.3. The third-order valence-corrected chi connectivity index (χ3v) is 5.23. The predicted octanol–water partition coefficient (Wildman–Crippen LogP) is 3.50. The van der Waals surface area contributed by atoms with Crippen LogP contribution in [-0.4, -0.2) is 60.6 Å². The van der Waals surface area contributed by atoms with Gasteiger partial charge in [-0.3, -0.25) is 14.4 Å². The van der Waals surface area contributed by atoms with Crippen LogP contribution in [0.5, 0.6) is 0 Å². The van der Waals surface area contributed by atoms with E-state index in [1.54, 1.807) is 26.8 Å². The van der Waals surface area contributed by atoms with Crippen molar-refractivity contribution in [3.63, 3.8) is 0 Å². The van der Waals surface area contributed by atoms with Gasteiger partial charge in [-0.05, 0) is 58.9 Å². The molecule has 1 rings (SSSR count). The molecule has 1 aromatic rings. The number of carbonyl (C=O) groups excluding carboxylic acids is 4. The van der Waals surface area contributed by atoms with Crippen molar-refractivity contribution in [2.75, 3.05) is 20.2 Å². The van der Waals surface area contributed by atoms with Gasteiger partial charge in [-0.1, -0.05) is 43.7 Å². The van der Waals surface area contributed by atoms with E-state index in [4.69, 9.17) is 4.74 Å². The highest BCUT2D eigenvalue weighted by Gasteiger charge is 2.35. The fourth-order valence-electron chi connectivity index (χ4n) is 3.52. The molecule has 35 heavy (non-hydrogen) atoms. The molecule has 0 fully saturated rings. The van der Waals surface area contributed by atoms with E-state index in [0.29, 0.717) is 17.9 Å². The minimum atomic E-state index is -1.00. The SMILES string of the molecule is COC(=O)CNC(=O)C(c1cccc(C)c1)N(C(=O)CNC(=O)OC(C)(C)C)C(C)CCC(C)C. The lowest BCUT2D eigenvalue weighted by Gasteiger charge is -2.36. The number of amides is 3. The van der Waals surface area contributed by atoms with Crippen LogP contribution in [0, 0.1) is 12.8 Å². The third-order valence-electron chi connectivity index (χ3n) is 5.23. The van der Waals surface area contributed by atoms with E-state index < -0.39 is 35.5 Å². The van der Waals surface area contributed by atoms with E-state index in [1.807, 2.05) is 32.0 Å². The molecular formula is C26H41N3O6. The standard InChI is InChI=1S/C26H41N3O6/c1-17(2)12-13-19(4)29(21(30)15-28-25(33)35-26(5,6)7)23(20-11-9-10-18(3)14-20)24(32)27-16-22(31)34-8/h9-11,14,17,19,23H,12-13,15-16H2,1-8H3,(H,27,32)(H,28,33).